The molecule has 0 bridgehead atoms. The Bertz CT molecular complexity index is 78.5. The van der Waals surface area contributed by atoms with Crippen LogP contribution in [0, 0.1) is 0 Å². The highest BCUT2D eigenvalue weighted by molar-refractivity contribution is 6.04. The van der Waals surface area contributed by atoms with E-state index >= 15 is 0 Å². The lowest BCUT2D eigenvalue weighted by Gasteiger charge is -2.43. The van der Waals surface area contributed by atoms with E-state index in [1.54, 1.807) is 4.81 Å². The first-order valence-corrected chi connectivity index (χ1v) is 2.94. The van der Waals surface area contributed by atoms with E-state index in [0.29, 0.717) is 6.04 Å². The average Bonchev–Trinajstić information content (AvgIpc) is 1.57. The van der Waals surface area contributed by atoms with Crippen LogP contribution in [0.3, 0.4) is 0 Å². The second kappa shape index (κ2) is 2.07. The highest BCUT2D eigenvalue weighted by Crippen LogP contribution is 2.07. The Labute approximate surface area is 51.9 Å². The maximum atomic E-state index is 5.40. The van der Waals surface area contributed by atoms with E-state index in [0.717, 1.165) is 13.3 Å². The van der Waals surface area contributed by atoms with Crippen molar-refractivity contribution in [1.29, 1.82) is 0 Å². The molecule has 1 saturated heterocycles. The Kier molecular flexibility index (Phi) is 1.58. The number of hydrogen-bond donors (Lipinski definition) is 0. The first kappa shape index (κ1) is 6.11. The van der Waals surface area contributed by atoms with Gasteiger partial charge in [-0.25, -0.2) is 0 Å². The zero-order valence-electron chi connectivity index (χ0n) is 5.46. The minimum Gasteiger partial charge on any atom is -0.330 e. The average molecular weight is 110 g/mol. The predicted octanol–water partition coefficient (Wildman–Crippen LogP) is 0.0109. The molecular formula is C5H11BN2. The molecule has 0 aromatic heterocycles. The third-order valence-corrected chi connectivity index (χ3v) is 1.46. The third-order valence-electron chi connectivity index (χ3n) is 1.46. The molecule has 0 N–H and O–H groups in total. The van der Waals surface area contributed by atoms with Crippen molar-refractivity contribution in [3.63, 3.8) is 0 Å². The second-order valence-electron chi connectivity index (χ2n) is 2.55. The van der Waals surface area contributed by atoms with Crippen LogP contribution in [0.1, 0.15) is 13.8 Å². The minimum absolute atomic E-state index is 0.648. The van der Waals surface area contributed by atoms with Crippen LogP contribution < -0.4 is 0 Å². The van der Waals surface area contributed by atoms with Crippen LogP contribution in [-0.2, 0) is 0 Å². The monoisotopic (exact) mass is 110 g/mol. The van der Waals surface area contributed by atoms with Crippen molar-refractivity contribution in [2.45, 2.75) is 19.9 Å². The van der Waals surface area contributed by atoms with Crippen LogP contribution in [0.15, 0.2) is 0 Å². The SMILES string of the molecule is [B]N1CN(C(C)C)C1. The Morgan fingerprint density at radius 2 is 1.88 bits per heavy atom. The van der Waals surface area contributed by atoms with Crippen LogP contribution in [0.2, 0.25) is 0 Å². The summed E-state index contributed by atoms with van der Waals surface area (Å²) in [6, 6.07) is 0.648. The summed E-state index contributed by atoms with van der Waals surface area (Å²) in [5.41, 5.74) is 0. The molecule has 1 fully saturated rings. The van der Waals surface area contributed by atoms with Crippen molar-refractivity contribution in [3.05, 3.63) is 0 Å². The van der Waals surface area contributed by atoms with Gasteiger partial charge in [0.2, 0.25) is 0 Å². The van der Waals surface area contributed by atoms with Crippen molar-refractivity contribution in [2.24, 2.45) is 0 Å². The van der Waals surface area contributed by atoms with Crippen molar-refractivity contribution in [2.75, 3.05) is 13.3 Å². The molecule has 1 rings (SSSR count). The minimum atomic E-state index is 0.648. The Hall–Kier alpha value is -0.0151. The van der Waals surface area contributed by atoms with Crippen molar-refractivity contribution < 1.29 is 0 Å². The lowest BCUT2D eigenvalue weighted by Crippen LogP contribution is -2.56. The molecule has 0 atom stereocenters. The zero-order valence-corrected chi connectivity index (χ0v) is 5.46. The fraction of sp³-hybridized carbons (Fsp3) is 1.00. The smallest absolute Gasteiger partial charge is 0.185 e. The van der Waals surface area contributed by atoms with Gasteiger partial charge < -0.3 is 4.81 Å². The molecule has 1 aliphatic heterocycles. The van der Waals surface area contributed by atoms with Crippen molar-refractivity contribution in [1.82, 2.24) is 9.71 Å². The maximum Gasteiger partial charge on any atom is 0.185 e. The summed E-state index contributed by atoms with van der Waals surface area (Å²) in [7, 11) is 5.40. The molecule has 0 spiro atoms. The van der Waals surface area contributed by atoms with E-state index in [1.807, 2.05) is 0 Å². The summed E-state index contributed by atoms with van der Waals surface area (Å²) in [5, 5.41) is 0. The van der Waals surface area contributed by atoms with E-state index in [4.69, 9.17) is 7.98 Å². The van der Waals surface area contributed by atoms with E-state index < -0.39 is 0 Å². The van der Waals surface area contributed by atoms with Crippen LogP contribution in [0.25, 0.3) is 0 Å². The number of hydrogen-bond acceptors (Lipinski definition) is 2. The van der Waals surface area contributed by atoms with Gasteiger partial charge in [-0.1, -0.05) is 0 Å². The molecule has 44 valence electrons. The highest BCUT2D eigenvalue weighted by atomic mass is 15.5. The Balaban J connectivity index is 2.15. The summed E-state index contributed by atoms with van der Waals surface area (Å²) in [6.45, 7) is 6.20. The van der Waals surface area contributed by atoms with E-state index in [1.165, 1.54) is 0 Å². The molecule has 0 amide bonds. The number of nitrogens with zero attached hydrogens (tertiary/aromatic N) is 2. The molecule has 2 radical (unpaired) electrons. The van der Waals surface area contributed by atoms with Gasteiger partial charge in [0, 0.05) is 19.4 Å². The van der Waals surface area contributed by atoms with Gasteiger partial charge in [-0.05, 0) is 13.8 Å². The van der Waals surface area contributed by atoms with E-state index in [9.17, 15) is 0 Å². The summed E-state index contributed by atoms with van der Waals surface area (Å²) >= 11 is 0. The molecule has 0 aliphatic carbocycles. The maximum absolute atomic E-state index is 5.40. The molecular weight excluding hydrogens is 98.9 g/mol. The molecule has 2 nitrogen and oxygen atoms in total. The molecule has 1 heterocycles. The molecule has 3 heteroatoms. The Morgan fingerprint density at radius 3 is 2.00 bits per heavy atom. The van der Waals surface area contributed by atoms with Gasteiger partial charge in [0.05, 0.1) is 0 Å². The predicted molar refractivity (Wildman–Crippen MR) is 34.3 cm³/mol. The fourth-order valence-electron chi connectivity index (χ4n) is 0.752. The summed E-state index contributed by atoms with van der Waals surface area (Å²) in [4.78, 5) is 4.08. The van der Waals surface area contributed by atoms with Crippen LogP contribution in [-0.4, -0.2) is 37.1 Å². The standard InChI is InChI=1S/C5H11BN2/c1-5(2)7-3-8(6)4-7/h5H,3-4H2,1-2H3. The molecule has 8 heavy (non-hydrogen) atoms. The molecule has 0 aromatic rings. The molecule has 1 aliphatic rings. The van der Waals surface area contributed by atoms with Crippen LogP contribution in [0.5, 0.6) is 0 Å². The van der Waals surface area contributed by atoms with Gasteiger partial charge in [0.15, 0.2) is 7.98 Å². The first-order valence-electron chi connectivity index (χ1n) is 2.94. The molecule has 0 saturated carbocycles. The van der Waals surface area contributed by atoms with Crippen LogP contribution in [0.4, 0.5) is 0 Å². The van der Waals surface area contributed by atoms with Gasteiger partial charge in [0.25, 0.3) is 0 Å². The van der Waals surface area contributed by atoms with Crippen LogP contribution >= 0.6 is 0 Å². The topological polar surface area (TPSA) is 6.48 Å². The quantitative estimate of drug-likeness (QED) is 0.438. The zero-order chi connectivity index (χ0) is 6.15. The van der Waals surface area contributed by atoms with E-state index in [2.05, 4.69) is 18.7 Å². The molecule has 0 aromatic carbocycles. The largest absolute Gasteiger partial charge is 0.330 e. The first-order chi connectivity index (χ1) is 3.70. The lowest BCUT2D eigenvalue weighted by atomic mass is 10.2. The lowest BCUT2D eigenvalue weighted by molar-refractivity contribution is 0.0128. The summed E-state index contributed by atoms with van der Waals surface area (Å²) in [6.07, 6.45) is 0. The second-order valence-corrected chi connectivity index (χ2v) is 2.55. The van der Waals surface area contributed by atoms with E-state index in [-0.39, 0.29) is 0 Å². The number of rotatable bonds is 1. The van der Waals surface area contributed by atoms with Gasteiger partial charge in [-0.15, -0.1) is 0 Å². The van der Waals surface area contributed by atoms with Gasteiger partial charge in [-0.3, -0.25) is 4.90 Å². The molecule has 0 unspecified atom stereocenters. The Morgan fingerprint density at radius 1 is 1.38 bits per heavy atom. The van der Waals surface area contributed by atoms with Gasteiger partial charge >= 0.3 is 0 Å². The van der Waals surface area contributed by atoms with Crippen molar-refractivity contribution >= 4 is 7.98 Å². The third kappa shape index (κ3) is 1.04. The summed E-state index contributed by atoms with van der Waals surface area (Å²) < 4.78 is 0. The highest BCUT2D eigenvalue weighted by Gasteiger charge is 2.20. The summed E-state index contributed by atoms with van der Waals surface area (Å²) in [5.74, 6) is 0. The normalized spacial score (nSPS) is 23.9. The van der Waals surface area contributed by atoms with Gasteiger partial charge in [0.1, 0.15) is 0 Å². The fourth-order valence-corrected chi connectivity index (χ4v) is 0.752. The van der Waals surface area contributed by atoms with Crippen molar-refractivity contribution in [3.8, 4) is 0 Å². The van der Waals surface area contributed by atoms with Gasteiger partial charge in [-0.2, -0.15) is 0 Å².